The maximum absolute atomic E-state index is 6.53. The van der Waals surface area contributed by atoms with Crippen LogP contribution in [0.2, 0.25) is 5.02 Å². The van der Waals surface area contributed by atoms with E-state index in [4.69, 9.17) is 33.5 Å². The molecule has 2 fully saturated rings. The zero-order chi connectivity index (χ0) is 27.1. The van der Waals surface area contributed by atoms with Gasteiger partial charge in [0.25, 0.3) is 0 Å². The summed E-state index contributed by atoms with van der Waals surface area (Å²) in [5.41, 5.74) is 8.87. The van der Waals surface area contributed by atoms with Gasteiger partial charge in [-0.15, -0.1) is 0 Å². The van der Waals surface area contributed by atoms with E-state index >= 15 is 0 Å². The van der Waals surface area contributed by atoms with E-state index in [2.05, 4.69) is 82.9 Å². The van der Waals surface area contributed by atoms with E-state index in [0.717, 1.165) is 65.3 Å². The van der Waals surface area contributed by atoms with Crippen LogP contribution >= 0.6 is 23.8 Å². The molecule has 0 aliphatic carbocycles. The molecule has 0 spiro atoms. The molecule has 39 heavy (non-hydrogen) atoms. The van der Waals surface area contributed by atoms with E-state index in [1.807, 2.05) is 30.5 Å². The van der Waals surface area contributed by atoms with Gasteiger partial charge in [0, 0.05) is 52.8 Å². The molecule has 2 aromatic carbocycles. The van der Waals surface area contributed by atoms with Crippen molar-refractivity contribution in [2.24, 2.45) is 0 Å². The summed E-state index contributed by atoms with van der Waals surface area (Å²) in [7, 11) is 0. The zero-order valence-corrected chi connectivity index (χ0v) is 24.0. The van der Waals surface area contributed by atoms with Gasteiger partial charge in [-0.3, -0.25) is 4.98 Å². The number of anilines is 2. The predicted molar refractivity (Wildman–Crippen MR) is 162 cm³/mol. The van der Waals surface area contributed by atoms with Gasteiger partial charge in [0.05, 0.1) is 31.0 Å². The highest BCUT2D eigenvalue weighted by atomic mass is 35.5. The number of nitrogens with one attached hydrogen (secondary N) is 1. The number of morpholine rings is 1. The summed E-state index contributed by atoms with van der Waals surface area (Å²) < 4.78 is 7.83. The molecule has 2 aliphatic rings. The van der Waals surface area contributed by atoms with Gasteiger partial charge in [-0.2, -0.15) is 0 Å². The summed E-state index contributed by atoms with van der Waals surface area (Å²) in [5.74, 6) is 0. The molecular formula is C31H32ClN5OS. The SMILES string of the molecule is Cc1c(Cl)cccc1-n1c(C)cc([C@@H]2[C@@H](c3ccccn3)NC(=S)N2c2ccc(N3CCOCC3)cc2)c1C. The number of thiocarbonyl (C=S) groups is 1. The average Bonchev–Trinajstić information content (AvgIpc) is 3.46. The first kappa shape index (κ1) is 25.9. The van der Waals surface area contributed by atoms with Crippen LogP contribution in [0.5, 0.6) is 0 Å². The van der Waals surface area contributed by atoms with Crippen LogP contribution in [0.25, 0.3) is 5.69 Å². The van der Waals surface area contributed by atoms with Crippen LogP contribution in [0.1, 0.15) is 40.3 Å². The maximum Gasteiger partial charge on any atom is 0.174 e. The molecule has 2 aliphatic heterocycles. The Morgan fingerprint density at radius 1 is 0.949 bits per heavy atom. The number of halogens is 1. The topological polar surface area (TPSA) is 45.6 Å². The molecule has 4 heterocycles. The lowest BCUT2D eigenvalue weighted by atomic mass is 9.96. The number of aromatic nitrogens is 2. The molecule has 2 atom stereocenters. The molecule has 0 unspecified atom stereocenters. The van der Waals surface area contributed by atoms with E-state index in [1.54, 1.807) is 0 Å². The maximum atomic E-state index is 6.53. The van der Waals surface area contributed by atoms with Gasteiger partial charge in [-0.25, -0.2) is 0 Å². The summed E-state index contributed by atoms with van der Waals surface area (Å²) in [6, 6.07) is 22.9. The van der Waals surface area contributed by atoms with Gasteiger partial charge in [-0.1, -0.05) is 23.7 Å². The average molecular weight is 558 g/mol. The normalized spacial score (nSPS) is 19.4. The standard InChI is InChI=1S/C31H32ClN5OS/c1-20-19-25(22(3)36(20)28-9-6-7-26(32)21(28)2)30-29(27-8-4-5-14-33-27)34-31(39)37(30)24-12-10-23(11-13-24)35-15-17-38-18-16-35/h4-14,19,29-30H,15-18H2,1-3H3,(H,34,39)/t29-,30-/m1/s1. The van der Waals surface area contributed by atoms with Crippen molar-refractivity contribution in [2.45, 2.75) is 32.9 Å². The fraction of sp³-hybridized carbons (Fsp3) is 0.290. The Kier molecular flexibility index (Phi) is 7.06. The molecule has 2 aromatic heterocycles. The highest BCUT2D eigenvalue weighted by Crippen LogP contribution is 2.44. The molecular weight excluding hydrogens is 526 g/mol. The summed E-state index contributed by atoms with van der Waals surface area (Å²) >= 11 is 12.5. The second-order valence-electron chi connectivity index (χ2n) is 10.2. The summed E-state index contributed by atoms with van der Waals surface area (Å²) in [6.45, 7) is 9.73. The molecule has 2 saturated heterocycles. The highest BCUT2D eigenvalue weighted by molar-refractivity contribution is 7.80. The number of nitrogens with zero attached hydrogens (tertiary/aromatic N) is 4. The lowest BCUT2D eigenvalue weighted by molar-refractivity contribution is 0.122. The number of ether oxygens (including phenoxy) is 1. The molecule has 0 saturated carbocycles. The molecule has 6 nitrogen and oxygen atoms in total. The van der Waals surface area contributed by atoms with E-state index in [1.165, 1.54) is 11.3 Å². The van der Waals surface area contributed by atoms with Gasteiger partial charge in [0.1, 0.15) is 0 Å². The quantitative estimate of drug-likeness (QED) is 0.284. The monoisotopic (exact) mass is 557 g/mol. The number of pyridine rings is 1. The van der Waals surface area contributed by atoms with E-state index in [9.17, 15) is 0 Å². The number of hydrogen-bond donors (Lipinski definition) is 1. The summed E-state index contributed by atoms with van der Waals surface area (Å²) in [5, 5.41) is 5.05. The van der Waals surface area contributed by atoms with Crippen molar-refractivity contribution in [1.82, 2.24) is 14.9 Å². The fourth-order valence-electron chi connectivity index (χ4n) is 5.89. The van der Waals surface area contributed by atoms with Gasteiger partial charge in [0.2, 0.25) is 0 Å². The molecule has 6 rings (SSSR count). The van der Waals surface area contributed by atoms with Crippen LogP contribution in [-0.4, -0.2) is 41.0 Å². The van der Waals surface area contributed by atoms with Crippen molar-refractivity contribution in [3.63, 3.8) is 0 Å². The first-order valence-corrected chi connectivity index (χ1v) is 14.1. The van der Waals surface area contributed by atoms with Gasteiger partial charge < -0.3 is 24.4 Å². The Morgan fingerprint density at radius 2 is 1.69 bits per heavy atom. The van der Waals surface area contributed by atoms with Gasteiger partial charge in [-0.05, 0) is 98.7 Å². The second kappa shape index (κ2) is 10.6. The minimum atomic E-state index is -0.105. The van der Waals surface area contributed by atoms with Crippen molar-refractivity contribution in [1.29, 1.82) is 0 Å². The van der Waals surface area contributed by atoms with E-state index < -0.39 is 0 Å². The summed E-state index contributed by atoms with van der Waals surface area (Å²) in [6.07, 6.45) is 1.84. The molecule has 200 valence electrons. The van der Waals surface area contributed by atoms with Crippen molar-refractivity contribution in [3.05, 3.63) is 106 Å². The van der Waals surface area contributed by atoms with Crippen LogP contribution in [0, 0.1) is 20.8 Å². The number of aryl methyl sites for hydroxylation is 1. The van der Waals surface area contributed by atoms with E-state index in [-0.39, 0.29) is 12.1 Å². The number of hydrogen-bond acceptors (Lipinski definition) is 4. The third-order valence-corrected chi connectivity index (χ3v) is 8.60. The Hall–Kier alpha value is -3.39. The highest BCUT2D eigenvalue weighted by Gasteiger charge is 2.42. The number of rotatable bonds is 5. The molecule has 0 amide bonds. The lowest BCUT2D eigenvalue weighted by Crippen LogP contribution is -2.36. The van der Waals surface area contributed by atoms with Crippen molar-refractivity contribution in [2.75, 3.05) is 36.1 Å². The van der Waals surface area contributed by atoms with Crippen molar-refractivity contribution in [3.8, 4) is 5.69 Å². The van der Waals surface area contributed by atoms with Crippen LogP contribution in [0.4, 0.5) is 11.4 Å². The first-order chi connectivity index (χ1) is 18.9. The summed E-state index contributed by atoms with van der Waals surface area (Å²) in [4.78, 5) is 9.33. The Bertz CT molecular complexity index is 1500. The largest absolute Gasteiger partial charge is 0.378 e. The zero-order valence-electron chi connectivity index (χ0n) is 22.4. The third-order valence-electron chi connectivity index (χ3n) is 7.87. The van der Waals surface area contributed by atoms with Crippen LogP contribution < -0.4 is 15.1 Å². The molecule has 1 N–H and O–H groups in total. The molecule has 0 radical (unpaired) electrons. The van der Waals surface area contributed by atoms with Crippen LogP contribution in [0.15, 0.2) is 72.9 Å². The first-order valence-electron chi connectivity index (χ1n) is 13.3. The fourth-order valence-corrected chi connectivity index (χ4v) is 6.41. The van der Waals surface area contributed by atoms with Crippen molar-refractivity contribution < 1.29 is 4.74 Å². The lowest BCUT2D eigenvalue weighted by Gasteiger charge is -2.31. The second-order valence-corrected chi connectivity index (χ2v) is 11.0. The minimum absolute atomic E-state index is 0.0823. The Morgan fingerprint density at radius 3 is 2.41 bits per heavy atom. The molecule has 0 bridgehead atoms. The van der Waals surface area contributed by atoms with Gasteiger partial charge in [0.15, 0.2) is 5.11 Å². The smallest absolute Gasteiger partial charge is 0.174 e. The molecule has 8 heteroatoms. The predicted octanol–water partition coefficient (Wildman–Crippen LogP) is 6.46. The minimum Gasteiger partial charge on any atom is -0.378 e. The van der Waals surface area contributed by atoms with Crippen LogP contribution in [0.3, 0.4) is 0 Å². The third kappa shape index (κ3) is 4.69. The van der Waals surface area contributed by atoms with Crippen molar-refractivity contribution >= 4 is 40.3 Å². The van der Waals surface area contributed by atoms with Crippen LogP contribution in [-0.2, 0) is 4.74 Å². The molecule has 4 aromatic rings. The number of benzene rings is 2. The van der Waals surface area contributed by atoms with Gasteiger partial charge >= 0.3 is 0 Å². The Balaban J connectivity index is 1.45. The Labute approximate surface area is 240 Å². The van der Waals surface area contributed by atoms with E-state index in [0.29, 0.717) is 5.11 Å².